The zero-order valence-electron chi connectivity index (χ0n) is 7.85. The van der Waals surface area contributed by atoms with Crippen molar-refractivity contribution in [2.75, 3.05) is 12.4 Å². The minimum absolute atomic E-state index is 0.356. The first kappa shape index (κ1) is 11.8. The Labute approximate surface area is 90.5 Å². The van der Waals surface area contributed by atoms with Crippen LogP contribution in [0.25, 0.3) is 0 Å². The van der Waals surface area contributed by atoms with Gasteiger partial charge < -0.3 is 10.6 Å². The summed E-state index contributed by atoms with van der Waals surface area (Å²) in [6, 6.07) is 4.65. The quantitative estimate of drug-likeness (QED) is 0.730. The summed E-state index contributed by atoms with van der Waals surface area (Å²) in [5.74, 6) is 0. The Hall–Kier alpha value is -1.30. The lowest BCUT2D eigenvalue weighted by Crippen LogP contribution is -2.24. The van der Waals surface area contributed by atoms with Gasteiger partial charge in [-0.05, 0) is 36.5 Å². The van der Waals surface area contributed by atoms with E-state index in [1.165, 1.54) is 12.1 Å². The van der Waals surface area contributed by atoms with Gasteiger partial charge in [-0.2, -0.15) is 13.2 Å². The second-order valence-electron chi connectivity index (χ2n) is 2.78. The van der Waals surface area contributed by atoms with Gasteiger partial charge in [-0.15, -0.1) is 0 Å². The summed E-state index contributed by atoms with van der Waals surface area (Å²) >= 11 is 4.80. The Morgan fingerprint density at radius 3 is 2.13 bits per heavy atom. The third kappa shape index (κ3) is 3.39. The van der Waals surface area contributed by atoms with Crippen LogP contribution < -0.4 is 10.6 Å². The molecule has 0 radical (unpaired) electrons. The molecule has 2 nitrogen and oxygen atoms in total. The number of thiocarbonyl (C=S) groups is 1. The van der Waals surface area contributed by atoms with E-state index < -0.39 is 11.7 Å². The molecule has 2 N–H and O–H groups in total. The summed E-state index contributed by atoms with van der Waals surface area (Å²) in [4.78, 5) is 0. The molecule has 1 aromatic rings. The molecular formula is C9H9F3N2S. The summed E-state index contributed by atoms with van der Waals surface area (Å²) in [5.41, 5.74) is -0.161. The van der Waals surface area contributed by atoms with Crippen molar-refractivity contribution >= 4 is 23.0 Å². The van der Waals surface area contributed by atoms with E-state index in [1.54, 1.807) is 7.05 Å². The van der Waals surface area contributed by atoms with Gasteiger partial charge in [0.25, 0.3) is 0 Å². The lowest BCUT2D eigenvalue weighted by atomic mass is 10.2. The highest BCUT2D eigenvalue weighted by Crippen LogP contribution is 2.29. The van der Waals surface area contributed by atoms with Crippen LogP contribution in [0.5, 0.6) is 0 Å². The van der Waals surface area contributed by atoms with Crippen LogP contribution in [-0.2, 0) is 6.18 Å². The van der Waals surface area contributed by atoms with Crippen LogP contribution in [-0.4, -0.2) is 12.2 Å². The molecule has 0 fully saturated rings. The first-order valence-corrected chi connectivity index (χ1v) is 4.50. The van der Waals surface area contributed by atoms with Gasteiger partial charge in [0, 0.05) is 12.7 Å². The monoisotopic (exact) mass is 234 g/mol. The minimum atomic E-state index is -4.30. The molecule has 0 saturated carbocycles. The van der Waals surface area contributed by atoms with Crippen LogP contribution in [0.15, 0.2) is 24.3 Å². The Morgan fingerprint density at radius 2 is 1.73 bits per heavy atom. The minimum Gasteiger partial charge on any atom is -0.366 e. The van der Waals surface area contributed by atoms with E-state index in [4.69, 9.17) is 12.2 Å². The fourth-order valence-electron chi connectivity index (χ4n) is 0.936. The van der Waals surface area contributed by atoms with Crippen molar-refractivity contribution in [3.05, 3.63) is 29.8 Å². The SMILES string of the molecule is CNC(=S)Nc1ccc(C(F)(F)F)cc1. The molecule has 1 aromatic carbocycles. The molecule has 0 unspecified atom stereocenters. The third-order valence-corrected chi connectivity index (χ3v) is 2.00. The van der Waals surface area contributed by atoms with Crippen LogP contribution in [0.3, 0.4) is 0 Å². The van der Waals surface area contributed by atoms with Gasteiger partial charge in [0.15, 0.2) is 5.11 Å². The summed E-state index contributed by atoms with van der Waals surface area (Å²) in [6.45, 7) is 0. The fourth-order valence-corrected chi connectivity index (χ4v) is 1.05. The number of halogens is 3. The van der Waals surface area contributed by atoms with E-state index in [1.807, 2.05) is 0 Å². The second kappa shape index (κ2) is 4.48. The molecule has 15 heavy (non-hydrogen) atoms. The molecule has 0 bridgehead atoms. The van der Waals surface area contributed by atoms with E-state index >= 15 is 0 Å². The van der Waals surface area contributed by atoms with Crippen molar-refractivity contribution in [3.63, 3.8) is 0 Å². The van der Waals surface area contributed by atoms with Crippen molar-refractivity contribution in [2.45, 2.75) is 6.18 Å². The van der Waals surface area contributed by atoms with Gasteiger partial charge in [0.05, 0.1) is 5.56 Å². The van der Waals surface area contributed by atoms with Crippen LogP contribution >= 0.6 is 12.2 Å². The van der Waals surface area contributed by atoms with Gasteiger partial charge in [0.1, 0.15) is 0 Å². The van der Waals surface area contributed by atoms with Crippen LogP contribution in [0, 0.1) is 0 Å². The maximum absolute atomic E-state index is 12.2. The first-order chi connectivity index (χ1) is 6.93. The highest BCUT2D eigenvalue weighted by molar-refractivity contribution is 7.80. The smallest absolute Gasteiger partial charge is 0.366 e. The number of benzene rings is 1. The summed E-state index contributed by atoms with van der Waals surface area (Å²) in [5, 5.41) is 5.74. The largest absolute Gasteiger partial charge is 0.416 e. The van der Waals surface area contributed by atoms with E-state index in [0.717, 1.165) is 12.1 Å². The predicted molar refractivity (Wildman–Crippen MR) is 56.7 cm³/mol. The predicted octanol–water partition coefficient (Wildman–Crippen LogP) is 2.62. The van der Waals surface area contributed by atoms with Crippen LogP contribution in [0.4, 0.5) is 18.9 Å². The number of alkyl halides is 3. The van der Waals surface area contributed by atoms with Gasteiger partial charge >= 0.3 is 6.18 Å². The van der Waals surface area contributed by atoms with Gasteiger partial charge in [0.2, 0.25) is 0 Å². The number of hydrogen-bond acceptors (Lipinski definition) is 1. The van der Waals surface area contributed by atoms with E-state index in [2.05, 4.69) is 10.6 Å². The molecule has 0 heterocycles. The molecule has 6 heteroatoms. The molecule has 0 atom stereocenters. The molecule has 0 aromatic heterocycles. The number of anilines is 1. The van der Waals surface area contributed by atoms with Crippen LogP contribution in [0.1, 0.15) is 5.56 Å². The molecule has 82 valence electrons. The van der Waals surface area contributed by atoms with Crippen molar-refractivity contribution in [2.24, 2.45) is 0 Å². The van der Waals surface area contributed by atoms with Crippen molar-refractivity contribution in [1.82, 2.24) is 5.32 Å². The standard InChI is InChI=1S/C9H9F3N2S/c1-13-8(15)14-7-4-2-6(3-5-7)9(10,11)12/h2-5H,1H3,(H2,13,14,15). The highest BCUT2D eigenvalue weighted by atomic mass is 32.1. The average molecular weight is 234 g/mol. The lowest BCUT2D eigenvalue weighted by molar-refractivity contribution is -0.137. The van der Waals surface area contributed by atoms with Gasteiger partial charge in [-0.25, -0.2) is 0 Å². The molecule has 0 aliphatic rings. The lowest BCUT2D eigenvalue weighted by Gasteiger charge is -2.09. The molecule has 0 amide bonds. The molecule has 0 aliphatic heterocycles. The first-order valence-electron chi connectivity index (χ1n) is 4.09. The van der Waals surface area contributed by atoms with Crippen molar-refractivity contribution in [1.29, 1.82) is 0 Å². The molecule has 0 saturated heterocycles. The molecule has 1 rings (SSSR count). The van der Waals surface area contributed by atoms with E-state index in [9.17, 15) is 13.2 Å². The zero-order valence-corrected chi connectivity index (χ0v) is 8.67. The van der Waals surface area contributed by atoms with Crippen LogP contribution in [0.2, 0.25) is 0 Å². The molecule has 0 spiro atoms. The Morgan fingerprint density at radius 1 is 1.20 bits per heavy atom. The number of nitrogens with one attached hydrogen (secondary N) is 2. The Bertz CT molecular complexity index is 345. The average Bonchev–Trinajstić information content (AvgIpc) is 2.17. The topological polar surface area (TPSA) is 24.1 Å². The Kier molecular flexibility index (Phi) is 3.52. The Balaban J connectivity index is 2.77. The normalized spacial score (nSPS) is 10.9. The fraction of sp³-hybridized carbons (Fsp3) is 0.222. The maximum atomic E-state index is 12.2. The van der Waals surface area contributed by atoms with Crippen molar-refractivity contribution in [3.8, 4) is 0 Å². The van der Waals surface area contributed by atoms with Gasteiger partial charge in [-0.1, -0.05) is 0 Å². The van der Waals surface area contributed by atoms with Crippen molar-refractivity contribution < 1.29 is 13.2 Å². The van der Waals surface area contributed by atoms with Gasteiger partial charge in [-0.3, -0.25) is 0 Å². The zero-order chi connectivity index (χ0) is 11.5. The van der Waals surface area contributed by atoms with E-state index in [-0.39, 0.29) is 0 Å². The maximum Gasteiger partial charge on any atom is 0.416 e. The summed E-state index contributed by atoms with van der Waals surface area (Å²) < 4.78 is 36.6. The van der Waals surface area contributed by atoms with E-state index in [0.29, 0.717) is 10.8 Å². The third-order valence-electron chi connectivity index (χ3n) is 1.70. The number of hydrogen-bond donors (Lipinski definition) is 2. The number of rotatable bonds is 1. The molecular weight excluding hydrogens is 225 g/mol. The highest BCUT2D eigenvalue weighted by Gasteiger charge is 2.29. The second-order valence-corrected chi connectivity index (χ2v) is 3.19. The molecule has 0 aliphatic carbocycles. The summed E-state index contributed by atoms with van der Waals surface area (Å²) in [6.07, 6.45) is -4.30. The summed E-state index contributed by atoms with van der Waals surface area (Å²) in [7, 11) is 1.62.